The molecule has 0 saturated carbocycles. The molecule has 4 atom stereocenters. The van der Waals surface area contributed by atoms with Crippen LogP contribution in [0.15, 0.2) is 48.5 Å². The number of para-hydroxylation sites is 1. The van der Waals surface area contributed by atoms with E-state index >= 15 is 0 Å². The van der Waals surface area contributed by atoms with Gasteiger partial charge in [-0.15, -0.1) is 0 Å². The van der Waals surface area contributed by atoms with Crippen molar-refractivity contribution in [2.75, 3.05) is 21.3 Å². The van der Waals surface area contributed by atoms with E-state index in [9.17, 15) is 4.79 Å². The van der Waals surface area contributed by atoms with Crippen LogP contribution in [0.3, 0.4) is 0 Å². The fourth-order valence-electron chi connectivity index (χ4n) is 5.06. The van der Waals surface area contributed by atoms with Crippen molar-refractivity contribution in [1.82, 2.24) is 4.90 Å². The van der Waals surface area contributed by atoms with Crippen molar-refractivity contribution in [3.8, 4) is 16.9 Å². The number of esters is 1. The van der Waals surface area contributed by atoms with Crippen LogP contribution in [0.1, 0.15) is 30.7 Å². The normalized spacial score (nSPS) is 27.4. The zero-order chi connectivity index (χ0) is 19.0. The first-order valence-electron chi connectivity index (χ1n) is 9.67. The summed E-state index contributed by atoms with van der Waals surface area (Å²) in [4.78, 5) is 15.0. The molecule has 2 bridgehead atoms. The van der Waals surface area contributed by atoms with E-state index in [1.54, 1.807) is 7.11 Å². The van der Waals surface area contributed by atoms with Gasteiger partial charge in [-0.2, -0.15) is 0 Å². The number of rotatable bonds is 4. The summed E-state index contributed by atoms with van der Waals surface area (Å²) in [6.07, 6.45) is 3.27. The van der Waals surface area contributed by atoms with Crippen LogP contribution in [-0.4, -0.2) is 44.2 Å². The molecule has 0 N–H and O–H groups in total. The van der Waals surface area contributed by atoms with Gasteiger partial charge in [-0.05, 0) is 43.5 Å². The summed E-state index contributed by atoms with van der Waals surface area (Å²) >= 11 is 0. The Morgan fingerprint density at radius 3 is 2.48 bits per heavy atom. The van der Waals surface area contributed by atoms with E-state index in [0.29, 0.717) is 6.04 Å². The number of carbonyl (C=O) groups excluding carboxylic acids is 1. The van der Waals surface area contributed by atoms with Gasteiger partial charge in [0.25, 0.3) is 0 Å². The second kappa shape index (κ2) is 7.35. The topological polar surface area (TPSA) is 38.8 Å². The Kier molecular flexibility index (Phi) is 4.92. The molecule has 2 saturated heterocycles. The molecule has 2 aliphatic rings. The summed E-state index contributed by atoms with van der Waals surface area (Å²) in [5.41, 5.74) is 3.44. The third-order valence-corrected chi connectivity index (χ3v) is 6.50. The quantitative estimate of drug-likeness (QED) is 0.765. The van der Waals surface area contributed by atoms with Gasteiger partial charge in [0, 0.05) is 23.6 Å². The van der Waals surface area contributed by atoms with E-state index in [1.165, 1.54) is 19.1 Å². The first kappa shape index (κ1) is 18.1. The number of methoxy groups -OCH3 is 2. The molecule has 2 aromatic rings. The van der Waals surface area contributed by atoms with Crippen molar-refractivity contribution in [3.05, 3.63) is 54.1 Å². The SMILES string of the molecule is COC(=O)[C@H]1[C@@H](c2ccc(-c3ccccc3OC)cc2)C[C@@H]2CC[C@H]1N2C. The molecule has 0 amide bonds. The number of ether oxygens (including phenoxy) is 2. The van der Waals surface area contributed by atoms with Gasteiger partial charge in [-0.25, -0.2) is 0 Å². The molecule has 2 aromatic carbocycles. The van der Waals surface area contributed by atoms with Crippen LogP contribution in [0.4, 0.5) is 0 Å². The maximum absolute atomic E-state index is 12.6. The Labute approximate surface area is 161 Å². The summed E-state index contributed by atoms with van der Waals surface area (Å²) in [5.74, 6) is 0.926. The predicted octanol–water partition coefficient (Wildman–Crippen LogP) is 4.10. The fraction of sp³-hybridized carbons (Fsp3) is 0.435. The minimum absolute atomic E-state index is 0.0778. The molecular formula is C23H27NO3. The van der Waals surface area contributed by atoms with E-state index in [1.807, 2.05) is 18.2 Å². The summed E-state index contributed by atoms with van der Waals surface area (Å²) in [7, 11) is 5.35. The highest BCUT2D eigenvalue weighted by atomic mass is 16.5. The van der Waals surface area contributed by atoms with E-state index in [2.05, 4.69) is 42.3 Å². The Hall–Kier alpha value is -2.33. The van der Waals surface area contributed by atoms with Crippen LogP contribution in [-0.2, 0) is 9.53 Å². The highest BCUT2D eigenvalue weighted by Crippen LogP contribution is 2.47. The number of benzene rings is 2. The predicted molar refractivity (Wildman–Crippen MR) is 106 cm³/mol. The summed E-state index contributed by atoms with van der Waals surface area (Å²) in [6.45, 7) is 0. The van der Waals surface area contributed by atoms with Gasteiger partial charge in [-0.3, -0.25) is 9.69 Å². The molecule has 0 radical (unpaired) electrons. The monoisotopic (exact) mass is 365 g/mol. The first-order valence-corrected chi connectivity index (χ1v) is 9.67. The van der Waals surface area contributed by atoms with Crippen molar-refractivity contribution < 1.29 is 14.3 Å². The molecule has 2 heterocycles. The van der Waals surface area contributed by atoms with E-state index in [-0.39, 0.29) is 23.8 Å². The number of fused-ring (bicyclic) bond motifs is 2. The molecule has 0 unspecified atom stereocenters. The van der Waals surface area contributed by atoms with Gasteiger partial charge in [0.15, 0.2) is 0 Å². The Morgan fingerprint density at radius 2 is 1.78 bits per heavy atom. The van der Waals surface area contributed by atoms with Crippen LogP contribution >= 0.6 is 0 Å². The average Bonchev–Trinajstić information content (AvgIpc) is 2.95. The lowest BCUT2D eigenvalue weighted by atomic mass is 9.76. The number of hydrogen-bond donors (Lipinski definition) is 0. The van der Waals surface area contributed by atoms with E-state index in [0.717, 1.165) is 29.7 Å². The molecule has 2 aliphatic heterocycles. The van der Waals surface area contributed by atoms with Gasteiger partial charge < -0.3 is 9.47 Å². The zero-order valence-corrected chi connectivity index (χ0v) is 16.2. The zero-order valence-electron chi connectivity index (χ0n) is 16.2. The minimum Gasteiger partial charge on any atom is -0.496 e. The summed E-state index contributed by atoms with van der Waals surface area (Å²) in [5, 5.41) is 0. The van der Waals surface area contributed by atoms with Gasteiger partial charge in [0.2, 0.25) is 0 Å². The smallest absolute Gasteiger partial charge is 0.310 e. The van der Waals surface area contributed by atoms with Crippen molar-refractivity contribution >= 4 is 5.97 Å². The third kappa shape index (κ3) is 3.12. The number of piperidine rings is 1. The van der Waals surface area contributed by atoms with Crippen LogP contribution in [0.25, 0.3) is 11.1 Å². The standard InChI is InChI=1S/C23H27NO3/c1-24-17-12-13-20(24)22(23(25)27-3)19(14-17)16-10-8-15(9-11-16)18-6-4-5-7-21(18)26-2/h4-11,17,19-20,22H,12-14H2,1-3H3/t17-,19+,20+,22-/m0/s1. The van der Waals surface area contributed by atoms with Crippen molar-refractivity contribution in [2.45, 2.75) is 37.3 Å². The van der Waals surface area contributed by atoms with Crippen LogP contribution < -0.4 is 4.74 Å². The lowest BCUT2D eigenvalue weighted by molar-refractivity contribution is -0.150. The second-order valence-electron chi connectivity index (χ2n) is 7.68. The lowest BCUT2D eigenvalue weighted by Crippen LogP contribution is -2.49. The molecule has 4 rings (SSSR count). The first-order chi connectivity index (χ1) is 13.1. The van der Waals surface area contributed by atoms with Gasteiger partial charge in [0.1, 0.15) is 5.75 Å². The lowest BCUT2D eigenvalue weighted by Gasteiger charge is -2.41. The van der Waals surface area contributed by atoms with Gasteiger partial charge >= 0.3 is 5.97 Å². The summed E-state index contributed by atoms with van der Waals surface area (Å²) in [6, 6.07) is 17.5. The molecule has 27 heavy (non-hydrogen) atoms. The maximum atomic E-state index is 12.6. The number of nitrogens with zero attached hydrogens (tertiary/aromatic N) is 1. The average molecular weight is 365 g/mol. The van der Waals surface area contributed by atoms with Crippen molar-refractivity contribution in [1.29, 1.82) is 0 Å². The molecule has 142 valence electrons. The molecular weight excluding hydrogens is 338 g/mol. The highest BCUT2D eigenvalue weighted by Gasteiger charge is 2.49. The Morgan fingerprint density at radius 1 is 1.04 bits per heavy atom. The molecule has 2 fully saturated rings. The molecule has 0 aromatic heterocycles. The Balaban J connectivity index is 1.65. The van der Waals surface area contributed by atoms with Crippen molar-refractivity contribution in [3.63, 3.8) is 0 Å². The van der Waals surface area contributed by atoms with Crippen LogP contribution in [0.5, 0.6) is 5.75 Å². The van der Waals surface area contributed by atoms with Gasteiger partial charge in [-0.1, -0.05) is 42.5 Å². The van der Waals surface area contributed by atoms with E-state index < -0.39 is 0 Å². The molecule has 0 spiro atoms. The molecule has 4 heteroatoms. The second-order valence-corrected chi connectivity index (χ2v) is 7.68. The Bertz CT molecular complexity index is 817. The van der Waals surface area contributed by atoms with Crippen LogP contribution in [0.2, 0.25) is 0 Å². The van der Waals surface area contributed by atoms with Crippen LogP contribution in [0, 0.1) is 5.92 Å². The molecule has 4 nitrogen and oxygen atoms in total. The highest BCUT2D eigenvalue weighted by molar-refractivity contribution is 5.75. The minimum atomic E-state index is -0.0872. The number of carbonyl (C=O) groups is 1. The summed E-state index contributed by atoms with van der Waals surface area (Å²) < 4.78 is 10.7. The van der Waals surface area contributed by atoms with Gasteiger partial charge in [0.05, 0.1) is 20.1 Å². The maximum Gasteiger partial charge on any atom is 0.310 e. The number of hydrogen-bond acceptors (Lipinski definition) is 4. The largest absolute Gasteiger partial charge is 0.496 e. The van der Waals surface area contributed by atoms with E-state index in [4.69, 9.17) is 9.47 Å². The van der Waals surface area contributed by atoms with Crippen molar-refractivity contribution in [2.24, 2.45) is 5.92 Å². The fourth-order valence-corrected chi connectivity index (χ4v) is 5.06. The molecule has 0 aliphatic carbocycles. The third-order valence-electron chi connectivity index (χ3n) is 6.50.